The minimum atomic E-state index is -1.21. The van der Waals surface area contributed by atoms with Crippen molar-refractivity contribution < 1.29 is 9.90 Å². The molecule has 2 heterocycles. The number of halogens is 1. The summed E-state index contributed by atoms with van der Waals surface area (Å²) in [5.41, 5.74) is 7.57. The van der Waals surface area contributed by atoms with E-state index < -0.39 is 5.97 Å². The molecule has 0 saturated heterocycles. The molecular formula is C14H12ClN5O2. The van der Waals surface area contributed by atoms with Crippen molar-refractivity contribution in [2.24, 2.45) is 5.73 Å². The van der Waals surface area contributed by atoms with E-state index in [1.807, 2.05) is 6.92 Å². The molecular weight excluding hydrogens is 306 g/mol. The largest absolute Gasteiger partial charge is 0.478 e. The molecule has 7 nitrogen and oxygen atoms in total. The summed E-state index contributed by atoms with van der Waals surface area (Å²) in [5, 5.41) is 22.2. The lowest BCUT2D eigenvalue weighted by atomic mass is 10.2. The van der Waals surface area contributed by atoms with Crippen molar-refractivity contribution in [2.45, 2.75) is 13.5 Å². The maximum atomic E-state index is 11.0. The molecule has 0 atom stereocenters. The SMILES string of the molecule is Cc1ncc(Cl)cc1/C=C(\N)Cn1cc(C(=O)O)c(C#N)n1. The Morgan fingerprint density at radius 3 is 2.95 bits per heavy atom. The summed E-state index contributed by atoms with van der Waals surface area (Å²) < 4.78 is 1.31. The topological polar surface area (TPSA) is 118 Å². The van der Waals surface area contributed by atoms with Gasteiger partial charge in [0.1, 0.15) is 11.6 Å². The zero-order valence-corrected chi connectivity index (χ0v) is 12.4. The average Bonchev–Trinajstić information content (AvgIpc) is 2.86. The van der Waals surface area contributed by atoms with Crippen LogP contribution < -0.4 is 5.73 Å². The molecule has 112 valence electrons. The third-order valence-electron chi connectivity index (χ3n) is 2.88. The molecule has 2 rings (SSSR count). The quantitative estimate of drug-likeness (QED) is 0.887. The van der Waals surface area contributed by atoms with Gasteiger partial charge in [-0.3, -0.25) is 9.67 Å². The fourth-order valence-corrected chi connectivity index (χ4v) is 2.01. The molecule has 0 aliphatic carbocycles. The lowest BCUT2D eigenvalue weighted by Gasteiger charge is -2.04. The first-order valence-corrected chi connectivity index (χ1v) is 6.57. The zero-order chi connectivity index (χ0) is 16.3. The highest BCUT2D eigenvalue weighted by atomic mass is 35.5. The highest BCUT2D eigenvalue weighted by molar-refractivity contribution is 6.30. The van der Waals surface area contributed by atoms with E-state index in [4.69, 9.17) is 27.7 Å². The number of aromatic carboxylic acids is 1. The number of carboxylic acid groups (broad SMARTS) is 1. The van der Waals surface area contributed by atoms with E-state index in [2.05, 4.69) is 10.1 Å². The van der Waals surface area contributed by atoms with Gasteiger partial charge in [0, 0.05) is 23.8 Å². The van der Waals surface area contributed by atoms with Gasteiger partial charge in [-0.05, 0) is 24.6 Å². The van der Waals surface area contributed by atoms with Crippen LogP contribution in [0.5, 0.6) is 0 Å². The standard InChI is InChI=1S/C14H12ClN5O2/c1-8-9(2-10(15)5-18-8)3-11(17)6-20-7-12(14(21)22)13(4-16)19-20/h2-3,5,7H,6,17H2,1H3,(H,21,22)/b11-3-. The Morgan fingerprint density at radius 2 is 2.36 bits per heavy atom. The van der Waals surface area contributed by atoms with Crippen LogP contribution >= 0.6 is 11.6 Å². The van der Waals surface area contributed by atoms with Gasteiger partial charge in [-0.2, -0.15) is 10.4 Å². The smallest absolute Gasteiger partial charge is 0.340 e. The molecule has 0 bridgehead atoms. The van der Waals surface area contributed by atoms with Crippen LogP contribution in [0.4, 0.5) is 0 Å². The number of nitrogens with zero attached hydrogens (tertiary/aromatic N) is 4. The summed E-state index contributed by atoms with van der Waals surface area (Å²) in [6.45, 7) is 1.97. The Bertz CT molecular complexity index is 804. The first-order chi connectivity index (χ1) is 10.4. The Balaban J connectivity index is 2.27. The van der Waals surface area contributed by atoms with Crippen LogP contribution in [0.2, 0.25) is 5.02 Å². The third kappa shape index (κ3) is 3.42. The predicted molar refractivity (Wildman–Crippen MR) is 80.0 cm³/mol. The van der Waals surface area contributed by atoms with Crippen molar-refractivity contribution in [3.8, 4) is 6.07 Å². The second-order valence-corrected chi connectivity index (χ2v) is 4.99. The molecule has 0 saturated carbocycles. The summed E-state index contributed by atoms with van der Waals surface area (Å²) in [6.07, 6.45) is 4.49. The van der Waals surface area contributed by atoms with E-state index >= 15 is 0 Å². The van der Waals surface area contributed by atoms with Gasteiger partial charge in [-0.15, -0.1) is 0 Å². The highest BCUT2D eigenvalue weighted by Gasteiger charge is 2.15. The molecule has 0 amide bonds. The van der Waals surface area contributed by atoms with E-state index in [-0.39, 0.29) is 17.8 Å². The molecule has 0 radical (unpaired) electrons. The van der Waals surface area contributed by atoms with Gasteiger partial charge < -0.3 is 10.8 Å². The minimum Gasteiger partial charge on any atom is -0.478 e. The summed E-state index contributed by atoms with van der Waals surface area (Å²) in [7, 11) is 0. The van der Waals surface area contributed by atoms with E-state index in [0.717, 1.165) is 11.3 Å². The van der Waals surface area contributed by atoms with Crippen LogP contribution in [0, 0.1) is 18.3 Å². The first kappa shape index (κ1) is 15.5. The van der Waals surface area contributed by atoms with E-state index in [1.165, 1.54) is 17.1 Å². The number of hydrogen-bond acceptors (Lipinski definition) is 5. The number of rotatable bonds is 4. The average molecular weight is 318 g/mol. The van der Waals surface area contributed by atoms with Gasteiger partial charge >= 0.3 is 5.97 Å². The van der Waals surface area contributed by atoms with E-state index in [9.17, 15) is 4.79 Å². The first-order valence-electron chi connectivity index (χ1n) is 6.19. The number of carboxylic acids is 1. The summed E-state index contributed by atoms with van der Waals surface area (Å²) in [5.74, 6) is -1.21. The number of aromatic nitrogens is 3. The van der Waals surface area contributed by atoms with Gasteiger partial charge in [0.05, 0.1) is 11.6 Å². The Hall–Kier alpha value is -2.85. The number of pyridine rings is 1. The summed E-state index contributed by atoms with van der Waals surface area (Å²) >= 11 is 5.89. The number of carbonyl (C=O) groups is 1. The minimum absolute atomic E-state index is 0.147. The monoisotopic (exact) mass is 317 g/mol. The van der Waals surface area contributed by atoms with Crippen LogP contribution in [0.1, 0.15) is 27.3 Å². The number of aryl methyl sites for hydroxylation is 1. The van der Waals surface area contributed by atoms with Gasteiger partial charge in [0.2, 0.25) is 0 Å². The molecule has 2 aromatic heterocycles. The molecule has 0 fully saturated rings. The predicted octanol–water partition coefficient (Wildman–Crippen LogP) is 1.81. The molecule has 0 spiro atoms. The molecule has 0 aliphatic rings. The molecule has 0 aromatic carbocycles. The summed E-state index contributed by atoms with van der Waals surface area (Å²) in [6, 6.07) is 3.46. The molecule has 0 unspecified atom stereocenters. The zero-order valence-electron chi connectivity index (χ0n) is 11.6. The van der Waals surface area contributed by atoms with Crippen molar-refractivity contribution in [3.05, 3.63) is 51.7 Å². The normalized spacial score (nSPS) is 11.2. The Labute approximate surface area is 131 Å². The molecule has 3 N–H and O–H groups in total. The molecule has 0 aliphatic heterocycles. The van der Waals surface area contributed by atoms with Crippen molar-refractivity contribution in [3.63, 3.8) is 0 Å². The van der Waals surface area contributed by atoms with Gasteiger partial charge in [0.25, 0.3) is 0 Å². The van der Waals surface area contributed by atoms with Crippen molar-refractivity contribution in [2.75, 3.05) is 0 Å². The number of nitriles is 1. The number of allylic oxidation sites excluding steroid dienone is 1. The van der Waals surface area contributed by atoms with Gasteiger partial charge in [-0.25, -0.2) is 4.79 Å². The summed E-state index contributed by atoms with van der Waals surface area (Å²) in [4.78, 5) is 15.1. The third-order valence-corrected chi connectivity index (χ3v) is 3.08. The molecule has 8 heteroatoms. The maximum absolute atomic E-state index is 11.0. The fourth-order valence-electron chi connectivity index (χ4n) is 1.84. The highest BCUT2D eigenvalue weighted by Crippen LogP contribution is 2.15. The lowest BCUT2D eigenvalue weighted by molar-refractivity contribution is 0.0696. The Kier molecular flexibility index (Phi) is 4.44. The van der Waals surface area contributed by atoms with Crippen LogP contribution in [0.15, 0.2) is 24.2 Å². The van der Waals surface area contributed by atoms with Gasteiger partial charge in [0.15, 0.2) is 5.69 Å². The van der Waals surface area contributed by atoms with E-state index in [1.54, 1.807) is 18.2 Å². The van der Waals surface area contributed by atoms with Gasteiger partial charge in [-0.1, -0.05) is 11.6 Å². The van der Waals surface area contributed by atoms with Crippen LogP contribution in [-0.4, -0.2) is 25.8 Å². The van der Waals surface area contributed by atoms with Crippen molar-refractivity contribution in [1.82, 2.24) is 14.8 Å². The van der Waals surface area contributed by atoms with E-state index in [0.29, 0.717) is 10.7 Å². The second kappa shape index (κ2) is 6.28. The molecule has 2 aromatic rings. The fraction of sp³-hybridized carbons (Fsp3) is 0.143. The van der Waals surface area contributed by atoms with Crippen molar-refractivity contribution in [1.29, 1.82) is 5.26 Å². The second-order valence-electron chi connectivity index (χ2n) is 4.55. The number of hydrogen-bond donors (Lipinski definition) is 2. The maximum Gasteiger partial charge on any atom is 0.340 e. The number of nitrogens with two attached hydrogens (primary N) is 1. The molecule has 22 heavy (non-hydrogen) atoms. The van der Waals surface area contributed by atoms with Crippen LogP contribution in [0.25, 0.3) is 6.08 Å². The Morgan fingerprint density at radius 1 is 1.64 bits per heavy atom. The van der Waals surface area contributed by atoms with Crippen LogP contribution in [0.3, 0.4) is 0 Å². The lowest BCUT2D eigenvalue weighted by Crippen LogP contribution is -2.09. The van der Waals surface area contributed by atoms with Crippen LogP contribution in [-0.2, 0) is 6.54 Å². The van der Waals surface area contributed by atoms with Crippen molar-refractivity contribution >= 4 is 23.6 Å².